The Morgan fingerprint density at radius 1 is 1.29 bits per heavy atom. The highest BCUT2D eigenvalue weighted by atomic mass is 32.1. The lowest BCUT2D eigenvalue weighted by Gasteiger charge is -2.01. The molecule has 0 unspecified atom stereocenters. The first-order valence-corrected chi connectivity index (χ1v) is 5.01. The van der Waals surface area contributed by atoms with Gasteiger partial charge < -0.3 is 10.4 Å². The SMILES string of the molecule is Cc1ccc(Nc2cc(O)ns2)cc1. The van der Waals surface area contributed by atoms with Crippen LogP contribution in [0.15, 0.2) is 30.3 Å². The van der Waals surface area contributed by atoms with Crippen molar-refractivity contribution < 1.29 is 5.11 Å². The van der Waals surface area contributed by atoms with Crippen molar-refractivity contribution in [3.63, 3.8) is 0 Å². The van der Waals surface area contributed by atoms with Crippen molar-refractivity contribution in [1.82, 2.24) is 4.37 Å². The van der Waals surface area contributed by atoms with E-state index >= 15 is 0 Å². The second-order valence-electron chi connectivity index (χ2n) is 3.04. The lowest BCUT2D eigenvalue weighted by molar-refractivity contribution is 0.460. The highest BCUT2D eigenvalue weighted by Gasteiger charge is 1.99. The maximum absolute atomic E-state index is 9.03. The zero-order chi connectivity index (χ0) is 9.97. The van der Waals surface area contributed by atoms with Crippen LogP contribution in [0.4, 0.5) is 10.7 Å². The first-order chi connectivity index (χ1) is 6.74. The van der Waals surface area contributed by atoms with Crippen LogP contribution < -0.4 is 5.32 Å². The molecule has 2 rings (SSSR count). The number of benzene rings is 1. The van der Waals surface area contributed by atoms with Crippen molar-refractivity contribution in [2.75, 3.05) is 5.32 Å². The molecule has 1 heterocycles. The van der Waals surface area contributed by atoms with Crippen LogP contribution in [0.1, 0.15) is 5.56 Å². The fourth-order valence-corrected chi connectivity index (χ4v) is 1.67. The Labute approximate surface area is 86.2 Å². The minimum atomic E-state index is 0.0598. The van der Waals surface area contributed by atoms with Crippen LogP contribution >= 0.6 is 11.5 Å². The summed E-state index contributed by atoms with van der Waals surface area (Å²) in [6.45, 7) is 2.04. The molecule has 1 aromatic heterocycles. The zero-order valence-electron chi connectivity index (χ0n) is 7.69. The van der Waals surface area contributed by atoms with Gasteiger partial charge in [0, 0.05) is 11.8 Å². The third-order valence-corrected chi connectivity index (χ3v) is 2.51. The molecule has 0 aliphatic heterocycles. The van der Waals surface area contributed by atoms with Gasteiger partial charge in [-0.15, -0.1) is 0 Å². The molecule has 0 bridgehead atoms. The second kappa shape index (κ2) is 3.67. The second-order valence-corrected chi connectivity index (χ2v) is 3.85. The molecule has 2 N–H and O–H groups in total. The smallest absolute Gasteiger partial charge is 0.224 e. The standard InChI is InChI=1S/C10H10N2OS/c1-7-2-4-8(5-3-7)11-10-6-9(13)12-14-10/h2-6,11H,1H3,(H,12,13). The summed E-state index contributed by atoms with van der Waals surface area (Å²) in [5.74, 6) is 0.0598. The normalized spacial score (nSPS) is 10.1. The third kappa shape index (κ3) is 2.03. The van der Waals surface area contributed by atoms with Crippen molar-refractivity contribution in [3.8, 4) is 5.88 Å². The van der Waals surface area contributed by atoms with Crippen LogP contribution in [-0.2, 0) is 0 Å². The summed E-state index contributed by atoms with van der Waals surface area (Å²) in [6, 6.07) is 9.65. The number of aryl methyl sites for hydroxylation is 1. The van der Waals surface area contributed by atoms with Gasteiger partial charge in [-0.05, 0) is 30.6 Å². The largest absolute Gasteiger partial charge is 0.493 e. The molecule has 0 saturated heterocycles. The molecule has 2 aromatic rings. The fraction of sp³-hybridized carbons (Fsp3) is 0.100. The van der Waals surface area contributed by atoms with Crippen molar-refractivity contribution in [1.29, 1.82) is 0 Å². The summed E-state index contributed by atoms with van der Waals surface area (Å²) in [6.07, 6.45) is 0. The van der Waals surface area contributed by atoms with E-state index in [4.69, 9.17) is 5.11 Å². The Hall–Kier alpha value is -1.55. The van der Waals surface area contributed by atoms with E-state index in [1.165, 1.54) is 17.1 Å². The molecule has 0 fully saturated rings. The predicted molar refractivity (Wildman–Crippen MR) is 58.2 cm³/mol. The summed E-state index contributed by atoms with van der Waals surface area (Å²) < 4.78 is 3.77. The number of hydrogen-bond donors (Lipinski definition) is 2. The van der Waals surface area contributed by atoms with E-state index in [2.05, 4.69) is 9.69 Å². The highest BCUT2D eigenvalue weighted by molar-refractivity contribution is 7.10. The van der Waals surface area contributed by atoms with E-state index in [9.17, 15) is 0 Å². The van der Waals surface area contributed by atoms with Crippen LogP contribution in [0.2, 0.25) is 0 Å². The molecule has 1 aromatic carbocycles. The number of anilines is 2. The Bertz CT molecular complexity index is 422. The van der Waals surface area contributed by atoms with Gasteiger partial charge >= 0.3 is 0 Å². The van der Waals surface area contributed by atoms with Gasteiger partial charge in [-0.1, -0.05) is 17.7 Å². The minimum absolute atomic E-state index is 0.0598. The lowest BCUT2D eigenvalue weighted by atomic mass is 10.2. The van der Waals surface area contributed by atoms with Crippen LogP contribution in [-0.4, -0.2) is 9.48 Å². The van der Waals surface area contributed by atoms with Crippen LogP contribution in [0.3, 0.4) is 0 Å². The van der Waals surface area contributed by atoms with E-state index in [0.29, 0.717) is 0 Å². The Balaban J connectivity index is 2.15. The van der Waals surface area contributed by atoms with Crippen LogP contribution in [0, 0.1) is 6.92 Å². The quantitative estimate of drug-likeness (QED) is 0.794. The van der Waals surface area contributed by atoms with Gasteiger partial charge in [0.05, 0.1) is 0 Å². The Kier molecular flexibility index (Phi) is 2.37. The highest BCUT2D eigenvalue weighted by Crippen LogP contribution is 2.24. The summed E-state index contributed by atoms with van der Waals surface area (Å²) in [7, 11) is 0. The zero-order valence-corrected chi connectivity index (χ0v) is 8.51. The topological polar surface area (TPSA) is 45.1 Å². The van der Waals surface area contributed by atoms with Gasteiger partial charge in [-0.2, -0.15) is 4.37 Å². The molecular weight excluding hydrogens is 196 g/mol. The molecule has 14 heavy (non-hydrogen) atoms. The van der Waals surface area contributed by atoms with E-state index in [-0.39, 0.29) is 5.88 Å². The van der Waals surface area contributed by atoms with Crippen molar-refractivity contribution >= 4 is 22.2 Å². The Morgan fingerprint density at radius 2 is 2.00 bits per heavy atom. The Morgan fingerprint density at radius 3 is 2.57 bits per heavy atom. The molecule has 0 amide bonds. The number of aromatic nitrogens is 1. The molecule has 0 aliphatic rings. The average Bonchev–Trinajstić information content (AvgIpc) is 2.56. The van der Waals surface area contributed by atoms with Crippen molar-refractivity contribution in [3.05, 3.63) is 35.9 Å². The summed E-state index contributed by atoms with van der Waals surface area (Å²) in [5, 5.41) is 13.0. The van der Waals surface area contributed by atoms with Gasteiger partial charge in [0.25, 0.3) is 0 Å². The van der Waals surface area contributed by atoms with E-state index in [1.54, 1.807) is 6.07 Å². The number of rotatable bonds is 2. The van der Waals surface area contributed by atoms with Gasteiger partial charge in [0.15, 0.2) is 0 Å². The maximum atomic E-state index is 9.03. The van der Waals surface area contributed by atoms with Crippen LogP contribution in [0.5, 0.6) is 5.88 Å². The molecule has 3 nitrogen and oxygen atoms in total. The summed E-state index contributed by atoms with van der Waals surface area (Å²) in [5.41, 5.74) is 2.22. The number of nitrogens with one attached hydrogen (secondary N) is 1. The lowest BCUT2D eigenvalue weighted by Crippen LogP contribution is -1.86. The summed E-state index contributed by atoms with van der Waals surface area (Å²) in [4.78, 5) is 0. The third-order valence-electron chi connectivity index (χ3n) is 1.82. The first-order valence-electron chi connectivity index (χ1n) is 4.23. The molecule has 0 atom stereocenters. The monoisotopic (exact) mass is 206 g/mol. The molecule has 0 aliphatic carbocycles. The van der Waals surface area contributed by atoms with Gasteiger partial charge in [-0.25, -0.2) is 0 Å². The van der Waals surface area contributed by atoms with E-state index in [0.717, 1.165) is 10.7 Å². The fourth-order valence-electron chi connectivity index (χ4n) is 1.10. The molecule has 0 radical (unpaired) electrons. The van der Waals surface area contributed by atoms with Crippen molar-refractivity contribution in [2.45, 2.75) is 6.92 Å². The van der Waals surface area contributed by atoms with Crippen LogP contribution in [0.25, 0.3) is 0 Å². The molecule has 0 saturated carbocycles. The van der Waals surface area contributed by atoms with E-state index < -0.39 is 0 Å². The number of nitrogens with zero attached hydrogens (tertiary/aromatic N) is 1. The summed E-state index contributed by atoms with van der Waals surface area (Å²) >= 11 is 1.24. The van der Waals surface area contributed by atoms with Gasteiger partial charge in [-0.3, -0.25) is 0 Å². The minimum Gasteiger partial charge on any atom is -0.493 e. The van der Waals surface area contributed by atoms with E-state index in [1.807, 2.05) is 31.2 Å². The van der Waals surface area contributed by atoms with Gasteiger partial charge in [0.2, 0.25) is 5.88 Å². The first kappa shape index (κ1) is 9.02. The molecule has 72 valence electrons. The molecule has 4 heteroatoms. The molecule has 0 spiro atoms. The molecular formula is C10H10N2OS. The van der Waals surface area contributed by atoms with Gasteiger partial charge in [0.1, 0.15) is 5.00 Å². The maximum Gasteiger partial charge on any atom is 0.224 e. The average molecular weight is 206 g/mol. The number of hydrogen-bond acceptors (Lipinski definition) is 4. The van der Waals surface area contributed by atoms with Crippen molar-refractivity contribution in [2.24, 2.45) is 0 Å². The number of aromatic hydroxyl groups is 1. The predicted octanol–water partition coefficient (Wildman–Crippen LogP) is 2.90.